The van der Waals surface area contributed by atoms with Gasteiger partial charge in [0.05, 0.1) is 18.1 Å². The number of aliphatic hydroxyl groups excluding tert-OH is 1. The minimum absolute atomic E-state index is 0.136. The molecule has 1 fully saturated rings. The van der Waals surface area contributed by atoms with Crippen LogP contribution in [-0.2, 0) is 16.0 Å². The summed E-state index contributed by atoms with van der Waals surface area (Å²) in [6, 6.07) is 18.8. The summed E-state index contributed by atoms with van der Waals surface area (Å²) in [6.45, 7) is 5.64. The summed E-state index contributed by atoms with van der Waals surface area (Å²) in [6.07, 6.45) is -1.74. The van der Waals surface area contributed by atoms with E-state index in [0.29, 0.717) is 6.42 Å². The van der Waals surface area contributed by atoms with Crippen molar-refractivity contribution in [2.45, 2.75) is 45.4 Å². The van der Waals surface area contributed by atoms with Crippen LogP contribution in [0.5, 0.6) is 0 Å². The van der Waals surface area contributed by atoms with Crippen LogP contribution in [0.1, 0.15) is 38.0 Å². The zero-order valence-electron chi connectivity index (χ0n) is 17.9. The molecular weight excluding hydrogens is 380 g/mol. The number of rotatable bonds is 6. The van der Waals surface area contributed by atoms with E-state index < -0.39 is 30.1 Å². The van der Waals surface area contributed by atoms with E-state index in [1.54, 1.807) is 12.1 Å². The first-order valence-electron chi connectivity index (χ1n) is 10.4. The fourth-order valence-corrected chi connectivity index (χ4v) is 3.84. The first kappa shape index (κ1) is 22.0. The molecule has 1 aliphatic rings. The van der Waals surface area contributed by atoms with Crippen LogP contribution in [0.4, 0.5) is 4.79 Å². The molecule has 4 atom stereocenters. The number of benzene rings is 2. The van der Waals surface area contributed by atoms with Crippen LogP contribution in [0, 0.1) is 11.8 Å². The van der Waals surface area contributed by atoms with Crippen LogP contribution in [0.25, 0.3) is 0 Å². The van der Waals surface area contributed by atoms with E-state index in [1.165, 1.54) is 0 Å². The van der Waals surface area contributed by atoms with Gasteiger partial charge in [0.25, 0.3) is 5.91 Å². The molecule has 0 aliphatic carbocycles. The minimum atomic E-state index is -0.888. The Labute approximate surface area is 178 Å². The topological polar surface area (TPSA) is 70.1 Å². The number of hydrogen-bond donors (Lipinski definition) is 1. The molecule has 0 saturated carbocycles. The van der Waals surface area contributed by atoms with Crippen molar-refractivity contribution < 1.29 is 19.4 Å². The Balaban J connectivity index is 1.86. The lowest BCUT2D eigenvalue weighted by molar-refractivity contribution is -0.171. The average molecular weight is 411 g/mol. The SMILES string of the molecule is CC(C)[C@H](O)[C@H](Cc1ccccc1)C(=O)N1C(=O)O[C@H](c2ccccc2)[C@H](C)N1C. The normalized spacial score (nSPS) is 21.9. The molecule has 0 unspecified atom stereocenters. The number of carbonyl (C=O) groups is 2. The second-order valence-corrected chi connectivity index (χ2v) is 8.21. The third-order valence-electron chi connectivity index (χ3n) is 5.79. The summed E-state index contributed by atoms with van der Waals surface area (Å²) in [7, 11) is 1.71. The minimum Gasteiger partial charge on any atom is -0.438 e. The van der Waals surface area contributed by atoms with Crippen molar-refractivity contribution in [1.82, 2.24) is 10.0 Å². The van der Waals surface area contributed by atoms with Gasteiger partial charge in [0.2, 0.25) is 0 Å². The van der Waals surface area contributed by atoms with Crippen LogP contribution >= 0.6 is 0 Å². The van der Waals surface area contributed by atoms with Crippen molar-refractivity contribution in [3.8, 4) is 0 Å². The number of hydrogen-bond acceptors (Lipinski definition) is 5. The molecule has 1 heterocycles. The number of cyclic esters (lactones) is 1. The molecule has 0 aromatic heterocycles. The first-order valence-corrected chi connectivity index (χ1v) is 10.4. The van der Waals surface area contributed by atoms with E-state index in [0.717, 1.165) is 16.1 Å². The van der Waals surface area contributed by atoms with Crippen molar-refractivity contribution in [2.24, 2.45) is 11.8 Å². The Morgan fingerprint density at radius 1 is 1.07 bits per heavy atom. The van der Waals surface area contributed by atoms with Crippen molar-refractivity contribution in [1.29, 1.82) is 0 Å². The highest BCUT2D eigenvalue weighted by Crippen LogP contribution is 2.32. The van der Waals surface area contributed by atoms with Gasteiger partial charge >= 0.3 is 6.09 Å². The highest BCUT2D eigenvalue weighted by atomic mass is 16.6. The average Bonchev–Trinajstić information content (AvgIpc) is 2.75. The van der Waals surface area contributed by atoms with Crippen LogP contribution in [-0.4, -0.2) is 46.3 Å². The van der Waals surface area contributed by atoms with Crippen molar-refractivity contribution in [3.63, 3.8) is 0 Å². The molecule has 0 radical (unpaired) electrons. The summed E-state index contributed by atoms with van der Waals surface area (Å²) >= 11 is 0. The Morgan fingerprint density at radius 2 is 1.63 bits per heavy atom. The molecule has 0 spiro atoms. The molecule has 160 valence electrons. The number of aliphatic hydroxyl groups is 1. The number of imide groups is 1. The summed E-state index contributed by atoms with van der Waals surface area (Å²) < 4.78 is 5.67. The van der Waals surface area contributed by atoms with E-state index in [1.807, 2.05) is 81.4 Å². The monoisotopic (exact) mass is 410 g/mol. The molecule has 2 aromatic rings. The van der Waals surface area contributed by atoms with Gasteiger partial charge in [-0.2, -0.15) is 5.01 Å². The van der Waals surface area contributed by atoms with E-state index in [9.17, 15) is 14.7 Å². The maximum atomic E-state index is 13.5. The second kappa shape index (κ2) is 9.41. The van der Waals surface area contributed by atoms with Crippen molar-refractivity contribution in [3.05, 3.63) is 71.8 Å². The summed E-state index contributed by atoms with van der Waals surface area (Å²) in [4.78, 5) is 26.4. The molecule has 1 aliphatic heterocycles. The molecule has 0 bridgehead atoms. The highest BCUT2D eigenvalue weighted by molar-refractivity contribution is 5.93. The van der Waals surface area contributed by atoms with Crippen LogP contribution in [0.3, 0.4) is 0 Å². The molecule has 2 amide bonds. The third kappa shape index (κ3) is 4.55. The maximum Gasteiger partial charge on any atom is 0.432 e. The number of carbonyl (C=O) groups excluding carboxylic acids is 2. The summed E-state index contributed by atoms with van der Waals surface area (Å²) in [5.41, 5.74) is 1.80. The molecule has 30 heavy (non-hydrogen) atoms. The number of amides is 2. The van der Waals surface area contributed by atoms with Crippen molar-refractivity contribution in [2.75, 3.05) is 7.05 Å². The zero-order valence-corrected chi connectivity index (χ0v) is 17.9. The molecule has 1 N–H and O–H groups in total. The Hall–Kier alpha value is -2.70. The van der Waals surface area contributed by atoms with Crippen LogP contribution in [0.15, 0.2) is 60.7 Å². The maximum absolute atomic E-state index is 13.5. The lowest BCUT2D eigenvalue weighted by atomic mass is 9.87. The van der Waals surface area contributed by atoms with Gasteiger partial charge in [0.1, 0.15) is 6.10 Å². The summed E-state index contributed by atoms with van der Waals surface area (Å²) in [5, 5.41) is 13.5. The van der Waals surface area contributed by atoms with Crippen LogP contribution in [0.2, 0.25) is 0 Å². The van der Waals surface area contributed by atoms with Gasteiger partial charge in [-0.05, 0) is 30.4 Å². The first-order chi connectivity index (χ1) is 14.3. The molecule has 1 saturated heterocycles. The van der Waals surface area contributed by atoms with Gasteiger partial charge in [-0.3, -0.25) is 4.79 Å². The third-order valence-corrected chi connectivity index (χ3v) is 5.79. The number of ether oxygens (including phenoxy) is 1. The van der Waals surface area contributed by atoms with E-state index in [2.05, 4.69) is 0 Å². The van der Waals surface area contributed by atoms with E-state index >= 15 is 0 Å². The fourth-order valence-electron chi connectivity index (χ4n) is 3.84. The highest BCUT2D eigenvalue weighted by Gasteiger charge is 2.45. The molecule has 6 heteroatoms. The quantitative estimate of drug-likeness (QED) is 0.784. The molecular formula is C24H30N2O4. The van der Waals surface area contributed by atoms with Gasteiger partial charge in [-0.1, -0.05) is 74.5 Å². The van der Waals surface area contributed by atoms with Gasteiger partial charge in [-0.25, -0.2) is 9.80 Å². The smallest absolute Gasteiger partial charge is 0.432 e. The van der Waals surface area contributed by atoms with Crippen LogP contribution < -0.4 is 0 Å². The van der Waals surface area contributed by atoms with Gasteiger partial charge in [-0.15, -0.1) is 0 Å². The lowest BCUT2D eigenvalue weighted by Gasteiger charge is -2.44. The Morgan fingerprint density at radius 3 is 2.20 bits per heavy atom. The van der Waals surface area contributed by atoms with Gasteiger partial charge in [0.15, 0.2) is 0 Å². The van der Waals surface area contributed by atoms with E-state index in [4.69, 9.17) is 4.74 Å². The molecule has 6 nitrogen and oxygen atoms in total. The largest absolute Gasteiger partial charge is 0.438 e. The predicted octanol–water partition coefficient (Wildman–Crippen LogP) is 3.82. The lowest BCUT2D eigenvalue weighted by Crippen LogP contribution is -2.60. The van der Waals surface area contributed by atoms with Crippen molar-refractivity contribution >= 4 is 12.0 Å². The number of nitrogens with zero attached hydrogens (tertiary/aromatic N) is 2. The zero-order chi connectivity index (χ0) is 21.8. The Kier molecular flexibility index (Phi) is 6.90. The predicted molar refractivity (Wildman–Crippen MR) is 114 cm³/mol. The second-order valence-electron chi connectivity index (χ2n) is 8.21. The Bertz CT molecular complexity index is 856. The standard InChI is InChI=1S/C24H30N2O4/c1-16(2)21(27)20(15-18-11-7-5-8-12-18)23(28)26-24(29)30-22(17(3)25(26)4)19-13-9-6-10-14-19/h5-14,16-17,20-22,27H,15H2,1-4H3/t17-,20-,21-,22-/m0/s1. The number of likely N-dealkylation sites (N-methyl/N-ethyl adjacent to an activating group) is 1. The number of hydrazine groups is 1. The fraction of sp³-hybridized carbons (Fsp3) is 0.417. The molecule has 2 aromatic carbocycles. The summed E-state index contributed by atoms with van der Waals surface area (Å²) in [5.74, 6) is -1.35. The van der Waals surface area contributed by atoms with E-state index in [-0.39, 0.29) is 12.0 Å². The van der Waals surface area contributed by atoms with Gasteiger partial charge in [0, 0.05) is 7.05 Å². The molecule has 3 rings (SSSR count). The van der Waals surface area contributed by atoms with Gasteiger partial charge < -0.3 is 9.84 Å².